The van der Waals surface area contributed by atoms with Crippen LogP contribution in [-0.2, 0) is 0 Å². The minimum Gasteiger partial charge on any atom is -0.222 e. The Labute approximate surface area is 127 Å². The zero-order valence-corrected chi connectivity index (χ0v) is 12.5. The summed E-state index contributed by atoms with van der Waals surface area (Å²) in [5.41, 5.74) is 4.49. The molecule has 0 unspecified atom stereocenters. The third kappa shape index (κ3) is 4.20. The maximum Gasteiger partial charge on any atom is 0.349 e. The Balaban J connectivity index is 0.000000309. The van der Waals surface area contributed by atoms with Gasteiger partial charge < -0.3 is 0 Å². The number of aromatic nitrogens is 3. The molecule has 0 aliphatic heterocycles. The number of hydrogen-bond donors (Lipinski definition) is 0. The van der Waals surface area contributed by atoms with Crippen LogP contribution in [0, 0.1) is 24.1 Å². The summed E-state index contributed by atoms with van der Waals surface area (Å²) in [5, 5.41) is 4.09. The maximum atomic E-state index is 8.49. The molecule has 22 heavy (non-hydrogen) atoms. The zero-order chi connectivity index (χ0) is 16.3. The molecule has 0 saturated heterocycles. The highest BCUT2D eigenvalue weighted by atomic mass is 35.7. The van der Waals surface area contributed by atoms with Crippen molar-refractivity contribution in [3.8, 4) is 11.3 Å². The molecule has 2 heterocycles. The van der Waals surface area contributed by atoms with Gasteiger partial charge in [0.05, 0.1) is 5.16 Å². The smallest absolute Gasteiger partial charge is 0.222 e. The molecule has 116 valence electrons. The zero-order valence-electron chi connectivity index (χ0n) is 11.7. The third-order valence-corrected chi connectivity index (χ3v) is 2.69. The minimum atomic E-state index is -4.94. The van der Waals surface area contributed by atoms with Crippen molar-refractivity contribution in [1.82, 2.24) is 10.1 Å². The molecular weight excluding hydrogens is 314 g/mol. The van der Waals surface area contributed by atoms with Gasteiger partial charge in [-0.05, 0) is 18.4 Å². The fraction of sp³-hybridized carbons (Fsp3) is 0.154. The van der Waals surface area contributed by atoms with E-state index in [1.54, 1.807) is 4.57 Å². The van der Waals surface area contributed by atoms with Crippen molar-refractivity contribution in [2.75, 3.05) is 0 Å². The van der Waals surface area contributed by atoms with Crippen LogP contribution in [-0.4, -0.2) is 10.1 Å². The van der Waals surface area contributed by atoms with Crippen LogP contribution in [0.15, 0.2) is 41.0 Å². The van der Waals surface area contributed by atoms with Gasteiger partial charge in [0.15, 0.2) is 0 Å². The van der Waals surface area contributed by atoms with Crippen LogP contribution in [0.5, 0.6) is 0 Å². The highest BCUT2D eigenvalue weighted by Crippen LogP contribution is 2.19. The van der Waals surface area contributed by atoms with Crippen molar-refractivity contribution < 1.29 is 38.1 Å². The number of hydrogen-bond acceptors (Lipinski definition) is 7. The summed E-state index contributed by atoms with van der Waals surface area (Å²) in [6, 6.07) is 11.9. The quantitative estimate of drug-likeness (QED) is 0.445. The normalized spacial score (nSPS) is 11.2. The molecule has 0 spiro atoms. The lowest BCUT2D eigenvalue weighted by Crippen LogP contribution is -2.68. The van der Waals surface area contributed by atoms with Crippen LogP contribution in [0.25, 0.3) is 16.9 Å². The lowest BCUT2D eigenvalue weighted by atomic mass is 10.1. The lowest BCUT2D eigenvalue weighted by Gasteiger charge is -2.17. The summed E-state index contributed by atoms with van der Waals surface area (Å²) in [5.74, 6) is 0. The first kappa shape index (κ1) is 16.3. The second-order valence-electron chi connectivity index (χ2n) is 4.42. The van der Waals surface area contributed by atoms with Gasteiger partial charge in [-0.25, -0.2) is 18.6 Å². The predicted octanol–water partition coefficient (Wildman–Crippen LogP) is -2.66. The standard InChI is InChI=1S/C13H12N3O.ClHO4/c1-9-8-10(2)16-13(14-9)12(15-17-16)11-6-4-3-5-7-11;2-1(3,4)5/h3-8H,1-2H3;(H,2,3,4,5)/q+1;/p-1. The molecule has 0 radical (unpaired) electrons. The Morgan fingerprint density at radius 1 is 1.05 bits per heavy atom. The Morgan fingerprint density at radius 2 is 1.64 bits per heavy atom. The largest absolute Gasteiger partial charge is 0.349 e. The Morgan fingerprint density at radius 3 is 2.23 bits per heavy atom. The van der Waals surface area contributed by atoms with Crippen molar-refractivity contribution in [1.29, 1.82) is 0 Å². The first-order valence-corrected chi connectivity index (χ1v) is 7.32. The summed E-state index contributed by atoms with van der Waals surface area (Å²) in [4.78, 5) is 4.48. The number of fused-ring (bicyclic) bond motifs is 1. The highest BCUT2D eigenvalue weighted by molar-refractivity contribution is 5.70. The molecule has 3 aromatic rings. The van der Waals surface area contributed by atoms with E-state index < -0.39 is 10.2 Å². The molecule has 0 atom stereocenters. The van der Waals surface area contributed by atoms with Crippen LogP contribution in [0.1, 0.15) is 11.4 Å². The monoisotopic (exact) mass is 325 g/mol. The summed E-state index contributed by atoms with van der Waals surface area (Å²) in [7, 11) is -4.94. The van der Waals surface area contributed by atoms with E-state index in [0.717, 1.165) is 28.3 Å². The average molecular weight is 326 g/mol. The van der Waals surface area contributed by atoms with E-state index in [9.17, 15) is 0 Å². The number of halogens is 1. The lowest BCUT2D eigenvalue weighted by molar-refractivity contribution is -2.00. The van der Waals surface area contributed by atoms with E-state index in [2.05, 4.69) is 10.1 Å². The minimum absolute atomic E-state index is 0.758. The van der Waals surface area contributed by atoms with E-state index in [1.807, 2.05) is 50.2 Å². The van der Waals surface area contributed by atoms with Crippen molar-refractivity contribution in [3.63, 3.8) is 0 Å². The molecule has 9 heteroatoms. The van der Waals surface area contributed by atoms with Crippen LogP contribution in [0.4, 0.5) is 0 Å². The molecule has 0 aliphatic carbocycles. The topological polar surface area (TPSA) is 135 Å². The molecule has 1 aromatic carbocycles. The molecule has 2 aromatic heterocycles. The van der Waals surface area contributed by atoms with Gasteiger partial charge in [-0.2, -0.15) is 0 Å². The van der Waals surface area contributed by atoms with Crippen LogP contribution in [0.3, 0.4) is 0 Å². The average Bonchev–Trinajstić information content (AvgIpc) is 2.81. The molecule has 0 amide bonds. The number of aryl methyl sites for hydroxylation is 2. The fourth-order valence-electron chi connectivity index (χ4n) is 1.93. The van der Waals surface area contributed by atoms with Gasteiger partial charge in [0, 0.05) is 11.6 Å². The number of rotatable bonds is 1. The van der Waals surface area contributed by atoms with E-state index in [0.29, 0.717) is 0 Å². The van der Waals surface area contributed by atoms with Crippen molar-refractivity contribution >= 4 is 5.65 Å². The first-order chi connectivity index (χ1) is 10.3. The van der Waals surface area contributed by atoms with Crippen molar-refractivity contribution in [3.05, 3.63) is 47.8 Å². The molecule has 0 saturated carbocycles. The molecular formula is C13H12ClN3O5. The van der Waals surface area contributed by atoms with Gasteiger partial charge in [0.25, 0.3) is 5.69 Å². The Hall–Kier alpha value is -2.10. The van der Waals surface area contributed by atoms with Crippen LogP contribution in [0.2, 0.25) is 0 Å². The SMILES string of the molecule is Cc1cc(C)[n+]2onc(-c3ccccc3)c2n1.[O-][Cl+3]([O-])([O-])[O-]. The molecule has 0 bridgehead atoms. The van der Waals surface area contributed by atoms with Gasteiger partial charge in [-0.1, -0.05) is 30.3 Å². The summed E-state index contributed by atoms with van der Waals surface area (Å²) in [6.45, 7) is 3.94. The molecule has 0 fully saturated rings. The predicted molar refractivity (Wildman–Crippen MR) is 62.4 cm³/mol. The van der Waals surface area contributed by atoms with Crippen molar-refractivity contribution in [2.45, 2.75) is 13.8 Å². The molecule has 0 N–H and O–H groups in total. The molecule has 8 nitrogen and oxygen atoms in total. The third-order valence-electron chi connectivity index (χ3n) is 2.69. The van der Waals surface area contributed by atoms with Crippen molar-refractivity contribution in [2.24, 2.45) is 0 Å². The van der Waals surface area contributed by atoms with Gasteiger partial charge in [-0.3, -0.25) is 0 Å². The number of benzene rings is 1. The highest BCUT2D eigenvalue weighted by Gasteiger charge is 2.21. The maximum absolute atomic E-state index is 8.49. The second-order valence-corrected chi connectivity index (χ2v) is 5.18. The fourth-order valence-corrected chi connectivity index (χ4v) is 1.93. The Kier molecular flexibility index (Phi) is 4.69. The summed E-state index contributed by atoms with van der Waals surface area (Å²) in [6.07, 6.45) is 0. The van der Waals surface area contributed by atoms with Gasteiger partial charge in [0.1, 0.15) is 11.4 Å². The molecule has 0 aliphatic rings. The first-order valence-electron chi connectivity index (χ1n) is 6.09. The van der Waals surface area contributed by atoms with Gasteiger partial charge >= 0.3 is 5.65 Å². The van der Waals surface area contributed by atoms with E-state index in [4.69, 9.17) is 23.3 Å². The van der Waals surface area contributed by atoms with E-state index >= 15 is 0 Å². The number of nitrogens with zero attached hydrogens (tertiary/aromatic N) is 3. The van der Waals surface area contributed by atoms with E-state index in [-0.39, 0.29) is 0 Å². The van der Waals surface area contributed by atoms with Crippen LogP contribution < -0.4 is 23.2 Å². The summed E-state index contributed by atoms with van der Waals surface area (Å²) >= 11 is 0. The second kappa shape index (κ2) is 6.34. The van der Waals surface area contributed by atoms with Gasteiger partial charge in [-0.15, -0.1) is 19.9 Å². The molecule has 3 rings (SSSR count). The van der Waals surface area contributed by atoms with E-state index in [1.165, 1.54) is 0 Å². The Bertz CT molecular complexity index is 764. The van der Waals surface area contributed by atoms with Crippen LogP contribution >= 0.6 is 0 Å². The summed E-state index contributed by atoms with van der Waals surface area (Å²) < 4.78 is 40.9. The van der Waals surface area contributed by atoms with Gasteiger partial charge in [0.2, 0.25) is 0 Å².